The van der Waals surface area contributed by atoms with Crippen LogP contribution >= 0.6 is 0 Å². The fraction of sp³-hybridized carbons (Fsp3) is 0.200. The van der Waals surface area contributed by atoms with Crippen molar-refractivity contribution in [2.75, 3.05) is 0 Å². The molecule has 0 aliphatic heterocycles. The Morgan fingerprint density at radius 3 is 2.85 bits per heavy atom. The van der Waals surface area contributed by atoms with Crippen LogP contribution in [0, 0.1) is 0 Å². The first-order valence-electron chi connectivity index (χ1n) is 8.75. The van der Waals surface area contributed by atoms with Crippen molar-refractivity contribution >= 4 is 5.91 Å². The summed E-state index contributed by atoms with van der Waals surface area (Å²) >= 11 is 0. The van der Waals surface area contributed by atoms with Crippen LogP contribution in [0.2, 0.25) is 0 Å². The number of aryl methyl sites for hydroxylation is 1. The molecule has 1 aliphatic carbocycles. The van der Waals surface area contributed by atoms with E-state index in [1.807, 2.05) is 30.3 Å². The third-order valence-corrected chi connectivity index (χ3v) is 4.67. The van der Waals surface area contributed by atoms with Crippen LogP contribution in [0.15, 0.2) is 53.6 Å². The highest BCUT2D eigenvalue weighted by atomic mass is 16.3. The number of pyridine rings is 1. The molecule has 27 heavy (non-hydrogen) atoms. The quantitative estimate of drug-likeness (QED) is 0.663. The van der Waals surface area contributed by atoms with Gasteiger partial charge in [-0.25, -0.2) is 9.97 Å². The van der Waals surface area contributed by atoms with Gasteiger partial charge in [-0.05, 0) is 19.3 Å². The largest absolute Gasteiger partial charge is 0.507 e. The van der Waals surface area contributed by atoms with Crippen LogP contribution in [-0.2, 0) is 6.42 Å². The predicted molar refractivity (Wildman–Crippen MR) is 99.3 cm³/mol. The second kappa shape index (κ2) is 7.03. The molecule has 2 heterocycles. The van der Waals surface area contributed by atoms with Crippen molar-refractivity contribution in [1.82, 2.24) is 20.3 Å². The van der Waals surface area contributed by atoms with Crippen LogP contribution in [0.1, 0.15) is 40.5 Å². The molecule has 1 atom stereocenters. The number of amides is 1. The number of aromatic amines is 1. The zero-order chi connectivity index (χ0) is 18.8. The number of carbonyl (C=O) groups excluding carboxylic acids is 1. The predicted octanol–water partition coefficient (Wildman–Crippen LogP) is 2.34. The lowest BCUT2D eigenvalue weighted by Crippen LogP contribution is -2.32. The first kappa shape index (κ1) is 17.0. The van der Waals surface area contributed by atoms with E-state index in [-0.39, 0.29) is 17.4 Å². The molecule has 1 aromatic carbocycles. The number of aromatic nitrogens is 3. The topological polar surface area (TPSA) is 108 Å². The van der Waals surface area contributed by atoms with Crippen LogP contribution in [0.4, 0.5) is 0 Å². The molecular formula is C20H18N4O3. The summed E-state index contributed by atoms with van der Waals surface area (Å²) in [5, 5.41) is 12.8. The van der Waals surface area contributed by atoms with Gasteiger partial charge in [0.15, 0.2) is 5.82 Å². The molecule has 0 radical (unpaired) electrons. The molecule has 2 aromatic heterocycles. The Morgan fingerprint density at radius 1 is 1.26 bits per heavy atom. The minimum atomic E-state index is -0.464. The van der Waals surface area contributed by atoms with Crippen molar-refractivity contribution in [3.63, 3.8) is 0 Å². The van der Waals surface area contributed by atoms with Crippen molar-refractivity contribution in [1.29, 1.82) is 0 Å². The fourth-order valence-electron chi connectivity index (χ4n) is 3.30. The van der Waals surface area contributed by atoms with Gasteiger partial charge >= 0.3 is 0 Å². The Balaban J connectivity index is 1.60. The van der Waals surface area contributed by atoms with E-state index in [0.717, 1.165) is 42.1 Å². The highest BCUT2D eigenvalue weighted by Gasteiger charge is 2.25. The maximum Gasteiger partial charge on any atom is 0.257 e. The normalized spacial score (nSPS) is 15.8. The molecule has 0 fully saturated rings. The summed E-state index contributed by atoms with van der Waals surface area (Å²) in [6.07, 6.45) is 5.46. The van der Waals surface area contributed by atoms with Gasteiger partial charge in [-0.2, -0.15) is 0 Å². The molecule has 7 heteroatoms. The van der Waals surface area contributed by atoms with E-state index in [0.29, 0.717) is 5.82 Å². The smallest absolute Gasteiger partial charge is 0.257 e. The van der Waals surface area contributed by atoms with Crippen LogP contribution in [0.3, 0.4) is 0 Å². The van der Waals surface area contributed by atoms with E-state index in [9.17, 15) is 14.7 Å². The zero-order valence-corrected chi connectivity index (χ0v) is 14.5. The molecule has 0 saturated carbocycles. The van der Waals surface area contributed by atoms with Crippen molar-refractivity contribution in [2.24, 2.45) is 0 Å². The van der Waals surface area contributed by atoms with Crippen LogP contribution in [-0.4, -0.2) is 26.0 Å². The first-order chi connectivity index (χ1) is 13.1. The van der Waals surface area contributed by atoms with Crippen molar-refractivity contribution in [3.8, 4) is 17.1 Å². The lowest BCUT2D eigenvalue weighted by atomic mass is 9.92. The van der Waals surface area contributed by atoms with Crippen molar-refractivity contribution in [2.45, 2.75) is 25.3 Å². The summed E-state index contributed by atoms with van der Waals surface area (Å²) in [6, 6.07) is 10.5. The highest BCUT2D eigenvalue weighted by molar-refractivity contribution is 5.96. The van der Waals surface area contributed by atoms with Gasteiger partial charge in [0.2, 0.25) is 0 Å². The SMILES string of the molecule is O=C(NC1CCCc2nc(-c3ccccc3)ncc21)c1c[nH]c(=O)cc1O. The molecule has 1 unspecified atom stereocenters. The second-order valence-corrected chi connectivity index (χ2v) is 6.48. The summed E-state index contributed by atoms with van der Waals surface area (Å²) in [7, 11) is 0. The number of nitrogens with one attached hydrogen (secondary N) is 2. The molecule has 0 bridgehead atoms. The van der Waals surface area contributed by atoms with Gasteiger partial charge < -0.3 is 15.4 Å². The lowest BCUT2D eigenvalue weighted by molar-refractivity contribution is 0.0929. The number of hydrogen-bond acceptors (Lipinski definition) is 5. The molecule has 7 nitrogen and oxygen atoms in total. The molecule has 4 rings (SSSR count). The van der Waals surface area contributed by atoms with Gasteiger partial charge in [-0.1, -0.05) is 30.3 Å². The van der Waals surface area contributed by atoms with E-state index >= 15 is 0 Å². The van der Waals surface area contributed by atoms with Gasteiger partial charge in [0.25, 0.3) is 11.5 Å². The number of rotatable bonds is 3. The monoisotopic (exact) mass is 362 g/mol. The van der Waals surface area contributed by atoms with E-state index in [1.165, 1.54) is 6.20 Å². The minimum absolute atomic E-state index is 0.0311. The van der Waals surface area contributed by atoms with Gasteiger partial charge in [0, 0.05) is 35.3 Å². The number of fused-ring (bicyclic) bond motifs is 1. The highest BCUT2D eigenvalue weighted by Crippen LogP contribution is 2.30. The molecule has 3 aromatic rings. The van der Waals surface area contributed by atoms with Crippen LogP contribution in [0.25, 0.3) is 11.4 Å². The lowest BCUT2D eigenvalue weighted by Gasteiger charge is -2.25. The summed E-state index contributed by atoms with van der Waals surface area (Å²) in [4.78, 5) is 35.3. The van der Waals surface area contributed by atoms with Gasteiger partial charge in [-0.3, -0.25) is 9.59 Å². The summed E-state index contributed by atoms with van der Waals surface area (Å²) < 4.78 is 0. The Bertz CT molecular complexity index is 1050. The molecule has 0 saturated heterocycles. The van der Waals surface area contributed by atoms with Gasteiger partial charge in [0.05, 0.1) is 11.6 Å². The van der Waals surface area contributed by atoms with Crippen LogP contribution < -0.4 is 10.9 Å². The Kier molecular flexibility index (Phi) is 4.42. The maximum absolute atomic E-state index is 12.5. The number of benzene rings is 1. The molecule has 3 N–H and O–H groups in total. The van der Waals surface area contributed by atoms with E-state index in [1.54, 1.807) is 6.20 Å². The number of H-pyrrole nitrogens is 1. The Hall–Kier alpha value is -3.48. The molecule has 1 aliphatic rings. The zero-order valence-electron chi connectivity index (χ0n) is 14.5. The number of carbonyl (C=O) groups is 1. The number of nitrogens with zero attached hydrogens (tertiary/aromatic N) is 2. The average molecular weight is 362 g/mol. The molecule has 1 amide bonds. The second-order valence-electron chi connectivity index (χ2n) is 6.48. The minimum Gasteiger partial charge on any atom is -0.507 e. The standard InChI is InChI=1S/C20H18N4O3/c25-17-9-18(26)21-11-14(17)20(27)24-16-8-4-7-15-13(16)10-22-19(23-15)12-5-2-1-3-6-12/h1-3,5-6,9-11,16H,4,7-8H2,(H,24,27)(H2,21,25,26). The van der Waals surface area contributed by atoms with Crippen molar-refractivity contribution < 1.29 is 9.90 Å². The van der Waals surface area contributed by atoms with E-state index in [2.05, 4.69) is 20.3 Å². The van der Waals surface area contributed by atoms with Crippen molar-refractivity contribution in [3.05, 3.63) is 76.0 Å². The molecular weight excluding hydrogens is 344 g/mol. The molecule has 136 valence electrons. The van der Waals surface area contributed by atoms with E-state index < -0.39 is 11.5 Å². The third-order valence-electron chi connectivity index (χ3n) is 4.67. The fourth-order valence-corrected chi connectivity index (χ4v) is 3.30. The molecule has 0 spiro atoms. The summed E-state index contributed by atoms with van der Waals surface area (Å²) in [6.45, 7) is 0. The summed E-state index contributed by atoms with van der Waals surface area (Å²) in [5.41, 5.74) is 2.33. The van der Waals surface area contributed by atoms with Gasteiger partial charge in [-0.15, -0.1) is 0 Å². The van der Waals surface area contributed by atoms with E-state index in [4.69, 9.17) is 0 Å². The van der Waals surface area contributed by atoms with Crippen LogP contribution in [0.5, 0.6) is 5.75 Å². The average Bonchev–Trinajstić information content (AvgIpc) is 2.68. The number of hydrogen-bond donors (Lipinski definition) is 3. The first-order valence-corrected chi connectivity index (χ1v) is 8.75. The Labute approximate surface area is 155 Å². The van der Waals surface area contributed by atoms with Gasteiger partial charge in [0.1, 0.15) is 5.75 Å². The number of aromatic hydroxyl groups is 1. The third kappa shape index (κ3) is 3.44. The summed E-state index contributed by atoms with van der Waals surface area (Å²) in [5.74, 6) is -0.128. The Morgan fingerprint density at radius 2 is 2.07 bits per heavy atom. The maximum atomic E-state index is 12.5.